The van der Waals surface area contributed by atoms with Gasteiger partial charge in [-0.3, -0.25) is 0 Å². The molecule has 2 heterocycles. The zero-order valence-corrected chi connectivity index (χ0v) is 14.7. The molecule has 1 aliphatic rings. The van der Waals surface area contributed by atoms with Gasteiger partial charge < -0.3 is 10.2 Å². The third kappa shape index (κ3) is 4.60. The third-order valence-electron chi connectivity index (χ3n) is 3.35. The highest BCUT2D eigenvalue weighted by Crippen LogP contribution is 2.31. The maximum atomic E-state index is 3.61. The Hall–Kier alpha value is 0.580. The van der Waals surface area contributed by atoms with Gasteiger partial charge in [0.15, 0.2) is 0 Å². The van der Waals surface area contributed by atoms with Crippen molar-refractivity contribution in [3.63, 3.8) is 0 Å². The SMILES string of the molecule is CC(CN1CCCCC1)NCc1cc(Br)sc1Br. The fourth-order valence-electron chi connectivity index (χ4n) is 2.37. The van der Waals surface area contributed by atoms with Gasteiger partial charge in [0.1, 0.15) is 0 Å². The molecule has 1 saturated heterocycles. The zero-order chi connectivity index (χ0) is 13.0. The Morgan fingerprint density at radius 3 is 2.67 bits per heavy atom. The predicted molar refractivity (Wildman–Crippen MR) is 86.3 cm³/mol. The number of nitrogens with zero attached hydrogens (tertiary/aromatic N) is 1. The summed E-state index contributed by atoms with van der Waals surface area (Å²) in [6.07, 6.45) is 4.15. The maximum Gasteiger partial charge on any atom is 0.0755 e. The summed E-state index contributed by atoms with van der Waals surface area (Å²) in [6, 6.07) is 2.74. The van der Waals surface area contributed by atoms with Gasteiger partial charge in [0.2, 0.25) is 0 Å². The van der Waals surface area contributed by atoms with Gasteiger partial charge in [-0.2, -0.15) is 0 Å². The van der Waals surface area contributed by atoms with E-state index in [4.69, 9.17) is 0 Å². The lowest BCUT2D eigenvalue weighted by Crippen LogP contribution is -2.41. The van der Waals surface area contributed by atoms with E-state index in [0.717, 1.165) is 6.54 Å². The highest BCUT2D eigenvalue weighted by atomic mass is 79.9. The molecule has 0 amide bonds. The van der Waals surface area contributed by atoms with Crippen molar-refractivity contribution in [3.8, 4) is 0 Å². The average Bonchev–Trinajstić information content (AvgIpc) is 2.66. The Bertz CT molecular complexity index is 375. The van der Waals surface area contributed by atoms with Crippen LogP contribution in [0.15, 0.2) is 13.6 Å². The van der Waals surface area contributed by atoms with Crippen molar-refractivity contribution in [3.05, 3.63) is 19.2 Å². The molecule has 0 aromatic carbocycles. The van der Waals surface area contributed by atoms with Crippen LogP contribution in [0.2, 0.25) is 0 Å². The largest absolute Gasteiger partial charge is 0.309 e. The van der Waals surface area contributed by atoms with Crippen LogP contribution in [0.5, 0.6) is 0 Å². The summed E-state index contributed by atoms with van der Waals surface area (Å²) in [5, 5.41) is 3.61. The summed E-state index contributed by atoms with van der Waals surface area (Å²) in [5.41, 5.74) is 1.34. The van der Waals surface area contributed by atoms with Crippen molar-refractivity contribution >= 4 is 43.2 Å². The van der Waals surface area contributed by atoms with Gasteiger partial charge in [-0.15, -0.1) is 11.3 Å². The van der Waals surface area contributed by atoms with E-state index in [1.54, 1.807) is 11.3 Å². The zero-order valence-electron chi connectivity index (χ0n) is 10.7. The summed E-state index contributed by atoms with van der Waals surface area (Å²) in [4.78, 5) is 2.58. The molecule has 1 aromatic rings. The predicted octanol–water partition coefficient (Wildman–Crippen LogP) is 4.24. The first-order valence-electron chi connectivity index (χ1n) is 6.54. The monoisotopic (exact) mass is 394 g/mol. The number of thiophene rings is 1. The minimum atomic E-state index is 0.550. The van der Waals surface area contributed by atoms with Crippen LogP contribution in [0, 0.1) is 0 Å². The molecule has 1 atom stereocenters. The highest BCUT2D eigenvalue weighted by molar-refractivity contribution is 9.12. The van der Waals surface area contributed by atoms with Gasteiger partial charge >= 0.3 is 0 Å². The number of nitrogens with one attached hydrogen (secondary N) is 1. The number of likely N-dealkylation sites (tertiary alicyclic amines) is 1. The van der Waals surface area contributed by atoms with Crippen LogP contribution >= 0.6 is 43.2 Å². The van der Waals surface area contributed by atoms with Crippen molar-refractivity contribution in [1.29, 1.82) is 0 Å². The summed E-state index contributed by atoms with van der Waals surface area (Å²) in [6.45, 7) is 6.95. The summed E-state index contributed by atoms with van der Waals surface area (Å²) in [5.74, 6) is 0. The van der Waals surface area contributed by atoms with Crippen molar-refractivity contribution in [2.45, 2.75) is 38.8 Å². The first-order valence-corrected chi connectivity index (χ1v) is 8.95. The molecule has 2 rings (SSSR count). The fraction of sp³-hybridized carbons (Fsp3) is 0.692. The van der Waals surface area contributed by atoms with Crippen LogP contribution in [-0.4, -0.2) is 30.6 Å². The molecule has 0 spiro atoms. The summed E-state index contributed by atoms with van der Waals surface area (Å²) in [7, 11) is 0. The van der Waals surface area contributed by atoms with E-state index in [9.17, 15) is 0 Å². The number of hydrogen-bond donors (Lipinski definition) is 1. The molecule has 18 heavy (non-hydrogen) atoms. The van der Waals surface area contributed by atoms with Crippen LogP contribution in [0.4, 0.5) is 0 Å². The molecule has 1 unspecified atom stereocenters. The topological polar surface area (TPSA) is 15.3 Å². The van der Waals surface area contributed by atoms with Gasteiger partial charge in [-0.25, -0.2) is 0 Å². The Kier molecular flexibility index (Phi) is 6.15. The smallest absolute Gasteiger partial charge is 0.0755 e. The van der Waals surface area contributed by atoms with Crippen LogP contribution in [0.1, 0.15) is 31.7 Å². The first-order chi connectivity index (χ1) is 8.65. The van der Waals surface area contributed by atoms with Crippen molar-refractivity contribution < 1.29 is 0 Å². The van der Waals surface area contributed by atoms with Crippen LogP contribution in [-0.2, 0) is 6.54 Å². The lowest BCUT2D eigenvalue weighted by Gasteiger charge is -2.29. The molecule has 5 heteroatoms. The molecule has 0 radical (unpaired) electrons. The van der Waals surface area contributed by atoms with Gasteiger partial charge in [-0.05, 0) is 76.3 Å². The summed E-state index contributed by atoms with van der Waals surface area (Å²) >= 11 is 8.87. The molecule has 0 saturated carbocycles. The van der Waals surface area contributed by atoms with Crippen LogP contribution in [0.25, 0.3) is 0 Å². The quantitative estimate of drug-likeness (QED) is 0.801. The Morgan fingerprint density at radius 2 is 2.06 bits per heavy atom. The Morgan fingerprint density at radius 1 is 1.33 bits per heavy atom. The van der Waals surface area contributed by atoms with Crippen LogP contribution in [0.3, 0.4) is 0 Å². The molecule has 1 fully saturated rings. The second-order valence-corrected chi connectivity index (χ2v) is 8.74. The number of rotatable bonds is 5. The van der Waals surface area contributed by atoms with E-state index in [1.165, 1.54) is 52.0 Å². The van der Waals surface area contributed by atoms with Gasteiger partial charge in [0, 0.05) is 19.1 Å². The van der Waals surface area contributed by atoms with Crippen molar-refractivity contribution in [2.24, 2.45) is 0 Å². The van der Waals surface area contributed by atoms with Crippen molar-refractivity contribution in [2.75, 3.05) is 19.6 Å². The molecular weight excluding hydrogens is 376 g/mol. The molecule has 0 bridgehead atoms. The number of halogens is 2. The van der Waals surface area contributed by atoms with E-state index >= 15 is 0 Å². The van der Waals surface area contributed by atoms with Crippen molar-refractivity contribution in [1.82, 2.24) is 10.2 Å². The molecule has 1 N–H and O–H groups in total. The van der Waals surface area contributed by atoms with Crippen LogP contribution < -0.4 is 5.32 Å². The number of hydrogen-bond acceptors (Lipinski definition) is 3. The normalized spacial score (nSPS) is 19.1. The average molecular weight is 396 g/mol. The molecule has 2 nitrogen and oxygen atoms in total. The summed E-state index contributed by atoms with van der Waals surface area (Å²) < 4.78 is 2.42. The molecular formula is C13H20Br2N2S. The third-order valence-corrected chi connectivity index (χ3v) is 5.81. The minimum Gasteiger partial charge on any atom is -0.309 e. The van der Waals surface area contributed by atoms with E-state index < -0.39 is 0 Å². The molecule has 0 aliphatic carbocycles. The lowest BCUT2D eigenvalue weighted by atomic mass is 10.1. The molecule has 1 aliphatic heterocycles. The minimum absolute atomic E-state index is 0.550. The first kappa shape index (κ1) is 15.0. The fourth-order valence-corrected chi connectivity index (χ4v) is 5.20. The highest BCUT2D eigenvalue weighted by Gasteiger charge is 2.13. The van der Waals surface area contributed by atoms with E-state index in [-0.39, 0.29) is 0 Å². The second-order valence-electron chi connectivity index (χ2n) is 4.99. The van der Waals surface area contributed by atoms with Gasteiger partial charge in [0.25, 0.3) is 0 Å². The van der Waals surface area contributed by atoms with E-state index in [0.29, 0.717) is 6.04 Å². The van der Waals surface area contributed by atoms with E-state index in [2.05, 4.69) is 55.1 Å². The Balaban J connectivity index is 1.74. The lowest BCUT2D eigenvalue weighted by molar-refractivity contribution is 0.209. The molecule has 1 aromatic heterocycles. The maximum absolute atomic E-state index is 3.61. The number of piperidine rings is 1. The second kappa shape index (κ2) is 7.39. The van der Waals surface area contributed by atoms with E-state index in [1.807, 2.05) is 0 Å². The van der Waals surface area contributed by atoms with Gasteiger partial charge in [-0.1, -0.05) is 6.42 Å². The van der Waals surface area contributed by atoms with Gasteiger partial charge in [0.05, 0.1) is 7.57 Å². The standard InChI is InChI=1S/C13H20Br2N2S/c1-10(9-17-5-3-2-4-6-17)16-8-11-7-12(14)18-13(11)15/h7,10,16H,2-6,8-9H2,1H3. The molecule has 102 valence electrons. The Labute approximate surface area is 130 Å².